The topological polar surface area (TPSA) is 169 Å². The predicted molar refractivity (Wildman–Crippen MR) is 123 cm³/mol. The minimum absolute atomic E-state index is 0.0618. The van der Waals surface area contributed by atoms with Crippen molar-refractivity contribution in [3.8, 4) is 0 Å². The van der Waals surface area contributed by atoms with Crippen LogP contribution >= 0.6 is 0 Å². The van der Waals surface area contributed by atoms with E-state index >= 15 is 0 Å². The molecular weight excluding hydrogens is 476 g/mol. The number of nitrogens with zero attached hydrogens (tertiary/aromatic N) is 4. The predicted octanol–water partition coefficient (Wildman–Crippen LogP) is 1.01. The fourth-order valence-electron chi connectivity index (χ4n) is 4.08. The Kier molecular flexibility index (Phi) is 7.80. The maximum absolute atomic E-state index is 12.6. The van der Waals surface area contributed by atoms with Crippen LogP contribution in [0, 0.1) is 20.2 Å². The Hall–Kier alpha value is -3.98. The molecule has 2 saturated heterocycles. The maximum atomic E-state index is 12.6. The standard InChI is InChI=1S/C22H24N6O8/c29-21(35-25-11-9-23-13-19(25)15-1-5-17(6-2-15)27(31)32)22(30)36-26-12-10-24-14-20(26)16-3-7-18(8-4-16)28(33)34/h1-8,19-20,23-24H,9-14H2. The summed E-state index contributed by atoms with van der Waals surface area (Å²) in [5, 5.41) is 30.9. The van der Waals surface area contributed by atoms with E-state index in [2.05, 4.69) is 10.6 Å². The first-order chi connectivity index (χ1) is 17.3. The largest absolute Gasteiger partial charge is 0.438 e. The molecule has 36 heavy (non-hydrogen) atoms. The monoisotopic (exact) mass is 500 g/mol. The molecule has 2 atom stereocenters. The van der Waals surface area contributed by atoms with Crippen molar-refractivity contribution in [1.82, 2.24) is 20.8 Å². The van der Waals surface area contributed by atoms with Crippen molar-refractivity contribution in [1.29, 1.82) is 0 Å². The van der Waals surface area contributed by atoms with Gasteiger partial charge in [-0.2, -0.15) is 0 Å². The van der Waals surface area contributed by atoms with Gasteiger partial charge in [-0.05, 0) is 11.1 Å². The summed E-state index contributed by atoms with van der Waals surface area (Å²) in [4.78, 5) is 56.7. The molecule has 2 fully saturated rings. The van der Waals surface area contributed by atoms with Crippen LogP contribution in [0.2, 0.25) is 0 Å². The van der Waals surface area contributed by atoms with Gasteiger partial charge in [-0.3, -0.25) is 20.2 Å². The first-order valence-electron chi connectivity index (χ1n) is 11.2. The molecule has 2 aromatic carbocycles. The zero-order valence-corrected chi connectivity index (χ0v) is 19.1. The molecule has 2 heterocycles. The number of nitrogens with one attached hydrogen (secondary N) is 2. The lowest BCUT2D eigenvalue weighted by atomic mass is 10.0. The van der Waals surface area contributed by atoms with Crippen LogP contribution in [0.25, 0.3) is 0 Å². The lowest BCUT2D eigenvalue weighted by Crippen LogP contribution is -2.49. The highest BCUT2D eigenvalue weighted by molar-refractivity contribution is 6.29. The van der Waals surface area contributed by atoms with Crippen molar-refractivity contribution in [3.63, 3.8) is 0 Å². The van der Waals surface area contributed by atoms with Crippen molar-refractivity contribution < 1.29 is 29.1 Å². The van der Waals surface area contributed by atoms with Crippen molar-refractivity contribution >= 4 is 23.3 Å². The second-order valence-electron chi connectivity index (χ2n) is 8.18. The summed E-state index contributed by atoms with van der Waals surface area (Å²) < 4.78 is 0. The van der Waals surface area contributed by atoms with E-state index in [1.165, 1.54) is 34.4 Å². The summed E-state index contributed by atoms with van der Waals surface area (Å²) in [5.74, 6) is -2.41. The molecule has 2 unspecified atom stereocenters. The molecule has 0 amide bonds. The molecule has 2 aliphatic heterocycles. The quantitative estimate of drug-likeness (QED) is 0.328. The summed E-state index contributed by atoms with van der Waals surface area (Å²) in [5.41, 5.74) is 1.23. The van der Waals surface area contributed by atoms with Crippen molar-refractivity contribution in [2.24, 2.45) is 0 Å². The van der Waals surface area contributed by atoms with E-state index in [0.717, 1.165) is 0 Å². The molecule has 14 nitrogen and oxygen atoms in total. The molecule has 14 heteroatoms. The number of hydrogen-bond acceptors (Lipinski definition) is 12. The van der Waals surface area contributed by atoms with Crippen molar-refractivity contribution in [2.45, 2.75) is 12.1 Å². The number of nitro groups is 2. The molecule has 0 spiro atoms. The van der Waals surface area contributed by atoms with E-state index in [1.807, 2.05) is 0 Å². The van der Waals surface area contributed by atoms with Gasteiger partial charge in [0.25, 0.3) is 11.4 Å². The second-order valence-corrected chi connectivity index (χ2v) is 8.18. The van der Waals surface area contributed by atoms with E-state index < -0.39 is 33.9 Å². The molecule has 0 radical (unpaired) electrons. The van der Waals surface area contributed by atoms with Gasteiger partial charge in [0.1, 0.15) is 0 Å². The van der Waals surface area contributed by atoms with E-state index in [-0.39, 0.29) is 11.4 Å². The highest BCUT2D eigenvalue weighted by Crippen LogP contribution is 2.26. The minimum Gasteiger partial charge on any atom is -0.358 e. The van der Waals surface area contributed by atoms with E-state index in [0.29, 0.717) is 50.4 Å². The zero-order valence-electron chi connectivity index (χ0n) is 19.1. The highest BCUT2D eigenvalue weighted by atomic mass is 16.8. The molecule has 190 valence electrons. The van der Waals surface area contributed by atoms with Gasteiger partial charge >= 0.3 is 11.9 Å². The SMILES string of the molecule is O=C(ON1CCNCC1c1ccc([N+](=O)[O-])cc1)C(=O)ON1CCNCC1c1ccc([N+](=O)[O-])cc1. The Morgan fingerprint density at radius 3 is 1.42 bits per heavy atom. The number of hydrogen-bond donors (Lipinski definition) is 2. The van der Waals surface area contributed by atoms with Crippen LogP contribution in [0.3, 0.4) is 0 Å². The first kappa shape index (κ1) is 25.1. The number of carbonyl (C=O) groups is 2. The Morgan fingerprint density at radius 1 is 0.722 bits per heavy atom. The molecule has 2 aliphatic rings. The third-order valence-electron chi connectivity index (χ3n) is 5.93. The Labute approximate surface area is 205 Å². The summed E-state index contributed by atoms with van der Waals surface area (Å²) in [7, 11) is 0. The lowest BCUT2D eigenvalue weighted by Gasteiger charge is -2.35. The van der Waals surface area contributed by atoms with Gasteiger partial charge in [0.15, 0.2) is 0 Å². The summed E-state index contributed by atoms with van der Waals surface area (Å²) >= 11 is 0. The van der Waals surface area contributed by atoms with Crippen molar-refractivity contribution in [3.05, 3.63) is 79.9 Å². The molecule has 0 saturated carbocycles. The first-order valence-corrected chi connectivity index (χ1v) is 11.2. The smallest absolute Gasteiger partial charge is 0.358 e. The highest BCUT2D eigenvalue weighted by Gasteiger charge is 2.34. The molecule has 0 bridgehead atoms. The van der Waals surface area contributed by atoms with Crippen LogP contribution in [0.15, 0.2) is 48.5 Å². The van der Waals surface area contributed by atoms with Gasteiger partial charge in [0.2, 0.25) is 0 Å². The van der Waals surface area contributed by atoms with Crippen LogP contribution in [-0.2, 0) is 19.3 Å². The molecule has 4 rings (SSSR count). The van der Waals surface area contributed by atoms with Crippen LogP contribution in [0.1, 0.15) is 23.2 Å². The Bertz CT molecular complexity index is 1040. The molecule has 0 aromatic heterocycles. The summed E-state index contributed by atoms with van der Waals surface area (Å²) in [6.07, 6.45) is 0. The summed E-state index contributed by atoms with van der Waals surface area (Å²) in [6, 6.07) is 10.8. The van der Waals surface area contributed by atoms with Gasteiger partial charge < -0.3 is 20.3 Å². The zero-order chi connectivity index (χ0) is 25.7. The minimum atomic E-state index is -1.20. The second kappa shape index (κ2) is 11.2. The number of rotatable bonds is 6. The summed E-state index contributed by atoms with van der Waals surface area (Å²) in [6.45, 7) is 2.40. The number of benzene rings is 2. The Morgan fingerprint density at radius 2 is 1.08 bits per heavy atom. The van der Waals surface area contributed by atoms with Crippen LogP contribution in [0.5, 0.6) is 0 Å². The number of non-ortho nitro benzene ring substituents is 2. The third-order valence-corrected chi connectivity index (χ3v) is 5.93. The fourth-order valence-corrected chi connectivity index (χ4v) is 4.08. The van der Waals surface area contributed by atoms with Gasteiger partial charge in [-0.25, -0.2) is 9.59 Å². The van der Waals surface area contributed by atoms with Crippen LogP contribution in [-0.4, -0.2) is 71.2 Å². The van der Waals surface area contributed by atoms with Gasteiger partial charge in [0, 0.05) is 63.5 Å². The average molecular weight is 500 g/mol. The molecule has 2 aromatic rings. The van der Waals surface area contributed by atoms with E-state index in [4.69, 9.17) is 9.68 Å². The van der Waals surface area contributed by atoms with E-state index in [9.17, 15) is 29.8 Å². The molecule has 0 aliphatic carbocycles. The van der Waals surface area contributed by atoms with Gasteiger partial charge in [0.05, 0.1) is 21.9 Å². The molecule has 2 N–H and O–H groups in total. The van der Waals surface area contributed by atoms with Crippen LogP contribution < -0.4 is 10.6 Å². The maximum Gasteiger partial charge on any atom is 0.438 e. The Balaban J connectivity index is 1.40. The van der Waals surface area contributed by atoms with Crippen molar-refractivity contribution in [2.75, 3.05) is 39.3 Å². The fraction of sp³-hybridized carbons (Fsp3) is 0.364. The van der Waals surface area contributed by atoms with E-state index in [1.54, 1.807) is 24.3 Å². The van der Waals surface area contributed by atoms with Crippen LogP contribution in [0.4, 0.5) is 11.4 Å². The van der Waals surface area contributed by atoms with Gasteiger partial charge in [-0.15, -0.1) is 10.1 Å². The lowest BCUT2D eigenvalue weighted by molar-refractivity contribution is -0.385. The number of nitro benzene ring substituents is 2. The number of carbonyl (C=O) groups excluding carboxylic acids is 2. The normalized spacial score (nSPS) is 20.9. The number of hydroxylamine groups is 4. The molecular formula is C22H24N6O8. The number of piperazine rings is 2. The average Bonchev–Trinajstić information content (AvgIpc) is 2.89. The third kappa shape index (κ3) is 5.80. The van der Waals surface area contributed by atoms with Gasteiger partial charge in [-0.1, -0.05) is 24.3 Å².